The van der Waals surface area contributed by atoms with Crippen molar-refractivity contribution >= 4 is 5.91 Å². The second-order valence-corrected chi connectivity index (χ2v) is 8.75. The second kappa shape index (κ2) is 5.62. The van der Waals surface area contributed by atoms with Crippen LogP contribution in [0.3, 0.4) is 0 Å². The molecular weight excluding hydrogens is 296 g/mol. The third kappa shape index (κ3) is 2.53. The van der Waals surface area contributed by atoms with Crippen molar-refractivity contribution in [2.45, 2.75) is 57.4 Å². The maximum absolute atomic E-state index is 13.1. The maximum Gasteiger partial charge on any atom is 0.230 e. The third-order valence-corrected chi connectivity index (χ3v) is 6.81. The predicted octanol–water partition coefficient (Wildman–Crippen LogP) is 3.78. The number of amides is 1. The summed E-state index contributed by atoms with van der Waals surface area (Å²) in [4.78, 5) is 13.1. The van der Waals surface area contributed by atoms with Gasteiger partial charge in [-0.1, -0.05) is 12.1 Å². The van der Waals surface area contributed by atoms with Gasteiger partial charge in [0.25, 0.3) is 0 Å². The molecule has 4 bridgehead atoms. The Morgan fingerprint density at radius 1 is 1.12 bits per heavy atom. The van der Waals surface area contributed by atoms with Crippen LogP contribution >= 0.6 is 0 Å². The van der Waals surface area contributed by atoms with Crippen LogP contribution in [0.1, 0.15) is 57.1 Å². The van der Waals surface area contributed by atoms with E-state index in [0.29, 0.717) is 23.4 Å². The molecule has 0 aliphatic heterocycles. The van der Waals surface area contributed by atoms with E-state index in [9.17, 15) is 4.79 Å². The molecule has 0 saturated heterocycles. The molecule has 0 radical (unpaired) electrons. The Labute approximate surface area is 144 Å². The second-order valence-electron chi connectivity index (χ2n) is 8.75. The van der Waals surface area contributed by atoms with Gasteiger partial charge < -0.3 is 5.32 Å². The van der Waals surface area contributed by atoms with Crippen LogP contribution in [0.4, 0.5) is 0 Å². The minimum absolute atomic E-state index is 0.107. The Kier molecular flexibility index (Phi) is 3.67. The van der Waals surface area contributed by atoms with Crippen LogP contribution in [0.15, 0.2) is 24.3 Å². The minimum atomic E-state index is -0.610. The molecule has 4 aliphatic rings. The van der Waals surface area contributed by atoms with Crippen molar-refractivity contribution in [2.24, 2.45) is 23.7 Å². The monoisotopic (exact) mass is 322 g/mol. The zero-order valence-corrected chi connectivity index (χ0v) is 14.6. The molecule has 0 atom stereocenters. The normalized spacial score (nSPS) is 34.0. The SMILES string of the molecule is CC(C)(C(=O)NC1C2CC3CC(C2)CC1C3)c1cccc(C#N)c1. The lowest BCUT2D eigenvalue weighted by molar-refractivity contribution is -0.129. The van der Waals surface area contributed by atoms with E-state index in [2.05, 4.69) is 11.4 Å². The molecular formula is C21H26N2O. The van der Waals surface area contributed by atoms with E-state index < -0.39 is 5.41 Å². The fourth-order valence-electron chi connectivity index (χ4n) is 5.60. The number of carbonyl (C=O) groups excluding carboxylic acids is 1. The molecule has 5 rings (SSSR count). The van der Waals surface area contributed by atoms with Crippen LogP contribution < -0.4 is 5.32 Å². The van der Waals surface area contributed by atoms with Gasteiger partial charge in [0, 0.05) is 6.04 Å². The van der Waals surface area contributed by atoms with Gasteiger partial charge in [-0.25, -0.2) is 0 Å². The maximum atomic E-state index is 13.1. The molecule has 1 amide bonds. The highest BCUT2D eigenvalue weighted by Crippen LogP contribution is 2.53. The lowest BCUT2D eigenvalue weighted by Crippen LogP contribution is -2.58. The quantitative estimate of drug-likeness (QED) is 0.921. The van der Waals surface area contributed by atoms with E-state index in [1.807, 2.05) is 32.0 Å². The summed E-state index contributed by atoms with van der Waals surface area (Å²) >= 11 is 0. The van der Waals surface area contributed by atoms with E-state index in [1.165, 1.54) is 32.1 Å². The standard InChI is InChI=1S/C21H26N2O/c1-21(2,18-5-3-4-13(11-18)12-22)20(24)23-19-16-7-14-6-15(9-16)10-17(19)8-14/h3-5,11,14-17,19H,6-10H2,1-2H3,(H,23,24). The van der Waals surface area contributed by atoms with Gasteiger partial charge in [-0.2, -0.15) is 5.26 Å². The Morgan fingerprint density at radius 2 is 1.75 bits per heavy atom. The topological polar surface area (TPSA) is 52.9 Å². The Morgan fingerprint density at radius 3 is 2.33 bits per heavy atom. The first-order valence-corrected chi connectivity index (χ1v) is 9.29. The fourth-order valence-corrected chi connectivity index (χ4v) is 5.60. The minimum Gasteiger partial charge on any atom is -0.352 e. The van der Waals surface area contributed by atoms with Crippen LogP contribution in [0.5, 0.6) is 0 Å². The molecule has 0 unspecified atom stereocenters. The van der Waals surface area contributed by atoms with Gasteiger partial charge in [0.2, 0.25) is 5.91 Å². The number of nitriles is 1. The first-order chi connectivity index (χ1) is 11.5. The third-order valence-electron chi connectivity index (χ3n) is 6.81. The van der Waals surface area contributed by atoms with Gasteiger partial charge in [0.05, 0.1) is 17.0 Å². The molecule has 126 valence electrons. The highest BCUT2D eigenvalue weighted by Gasteiger charge is 2.49. The number of nitrogens with one attached hydrogen (secondary N) is 1. The smallest absolute Gasteiger partial charge is 0.230 e. The molecule has 3 heteroatoms. The van der Waals surface area contributed by atoms with Crippen molar-refractivity contribution < 1.29 is 4.79 Å². The van der Waals surface area contributed by atoms with E-state index in [1.54, 1.807) is 6.07 Å². The van der Waals surface area contributed by atoms with Crippen LogP contribution in [0.2, 0.25) is 0 Å². The van der Waals surface area contributed by atoms with Gasteiger partial charge >= 0.3 is 0 Å². The molecule has 0 heterocycles. The highest BCUT2D eigenvalue weighted by atomic mass is 16.2. The van der Waals surface area contributed by atoms with E-state index in [-0.39, 0.29) is 5.91 Å². The Bertz CT molecular complexity index is 672. The molecule has 24 heavy (non-hydrogen) atoms. The summed E-state index contributed by atoms with van der Waals surface area (Å²) < 4.78 is 0. The molecule has 4 saturated carbocycles. The van der Waals surface area contributed by atoms with Crippen molar-refractivity contribution in [3.05, 3.63) is 35.4 Å². The zero-order chi connectivity index (χ0) is 16.9. The highest BCUT2D eigenvalue weighted by molar-refractivity contribution is 5.87. The van der Waals surface area contributed by atoms with Gasteiger partial charge in [-0.15, -0.1) is 0 Å². The number of hydrogen-bond acceptors (Lipinski definition) is 2. The van der Waals surface area contributed by atoms with Crippen LogP contribution in [0.25, 0.3) is 0 Å². The summed E-state index contributed by atoms with van der Waals surface area (Å²) in [6.45, 7) is 3.93. The van der Waals surface area contributed by atoms with Gasteiger partial charge in [0.15, 0.2) is 0 Å². The Hall–Kier alpha value is -1.82. The summed E-state index contributed by atoms with van der Waals surface area (Å²) in [5.41, 5.74) is 0.924. The average molecular weight is 322 g/mol. The molecule has 1 aromatic rings. The van der Waals surface area contributed by atoms with Gasteiger partial charge in [-0.05, 0) is 87.3 Å². The van der Waals surface area contributed by atoms with Crippen molar-refractivity contribution in [3.8, 4) is 6.07 Å². The molecule has 4 fully saturated rings. The van der Waals surface area contributed by atoms with Crippen molar-refractivity contribution in [1.82, 2.24) is 5.32 Å². The van der Waals surface area contributed by atoms with Gasteiger partial charge in [0.1, 0.15) is 0 Å². The molecule has 3 nitrogen and oxygen atoms in total. The lowest BCUT2D eigenvalue weighted by Gasteiger charge is -2.54. The zero-order valence-electron chi connectivity index (χ0n) is 14.6. The summed E-state index contributed by atoms with van der Waals surface area (Å²) in [6.07, 6.45) is 6.66. The number of hydrogen-bond donors (Lipinski definition) is 1. The van der Waals surface area contributed by atoms with E-state index in [4.69, 9.17) is 5.26 Å². The summed E-state index contributed by atoms with van der Waals surface area (Å²) in [7, 11) is 0. The molecule has 0 spiro atoms. The molecule has 1 N–H and O–H groups in total. The van der Waals surface area contributed by atoms with Crippen molar-refractivity contribution in [3.63, 3.8) is 0 Å². The first-order valence-electron chi connectivity index (χ1n) is 9.29. The lowest BCUT2D eigenvalue weighted by atomic mass is 9.54. The first kappa shape index (κ1) is 15.7. The average Bonchev–Trinajstić information content (AvgIpc) is 2.57. The molecule has 4 aliphatic carbocycles. The van der Waals surface area contributed by atoms with E-state index >= 15 is 0 Å². The van der Waals surface area contributed by atoms with Crippen LogP contribution in [-0.2, 0) is 10.2 Å². The number of nitrogens with zero attached hydrogens (tertiary/aromatic N) is 1. The largest absolute Gasteiger partial charge is 0.352 e. The van der Waals surface area contributed by atoms with Crippen molar-refractivity contribution in [1.29, 1.82) is 5.26 Å². The van der Waals surface area contributed by atoms with E-state index in [0.717, 1.165) is 17.4 Å². The number of rotatable bonds is 3. The number of benzene rings is 1. The summed E-state index contributed by atoms with van der Waals surface area (Å²) in [5, 5.41) is 12.5. The van der Waals surface area contributed by atoms with Gasteiger partial charge in [-0.3, -0.25) is 4.79 Å². The van der Waals surface area contributed by atoms with Crippen LogP contribution in [0, 0.1) is 35.0 Å². The van der Waals surface area contributed by atoms with Crippen LogP contribution in [-0.4, -0.2) is 11.9 Å². The predicted molar refractivity (Wildman–Crippen MR) is 93.2 cm³/mol. The molecule has 1 aromatic carbocycles. The summed E-state index contributed by atoms with van der Waals surface area (Å²) in [6, 6.07) is 9.99. The fraction of sp³-hybridized carbons (Fsp3) is 0.619. The van der Waals surface area contributed by atoms with Crippen molar-refractivity contribution in [2.75, 3.05) is 0 Å². The summed E-state index contributed by atoms with van der Waals surface area (Å²) in [5.74, 6) is 3.31. The Balaban J connectivity index is 1.52. The molecule has 0 aromatic heterocycles. The number of carbonyl (C=O) groups is 1.